The van der Waals surface area contributed by atoms with Gasteiger partial charge in [0.25, 0.3) is 0 Å². The van der Waals surface area contributed by atoms with Gasteiger partial charge in [0.05, 0.1) is 6.04 Å². The molecular weight excluding hydrogens is 331 g/mol. The van der Waals surface area contributed by atoms with Crippen molar-refractivity contribution < 1.29 is 4.39 Å². The molecule has 0 aliphatic carbocycles. The second-order valence-corrected chi connectivity index (χ2v) is 5.56. The van der Waals surface area contributed by atoms with Crippen LogP contribution >= 0.6 is 27.5 Å². The largest absolute Gasteiger partial charge is 0.271 e. The highest BCUT2D eigenvalue weighted by Gasteiger charge is 2.18. The van der Waals surface area contributed by atoms with E-state index in [2.05, 4.69) is 21.4 Å². The number of hydrogen-bond acceptors (Lipinski definition) is 2. The number of nitrogens with one attached hydrogen (secondary N) is 1. The lowest BCUT2D eigenvalue weighted by Crippen LogP contribution is -2.29. The molecule has 3 N–H and O–H groups in total. The molecule has 0 aromatic heterocycles. The molecule has 0 aliphatic rings. The van der Waals surface area contributed by atoms with Crippen LogP contribution in [0.3, 0.4) is 0 Å². The highest BCUT2D eigenvalue weighted by atomic mass is 79.9. The average Bonchev–Trinajstić information content (AvgIpc) is 2.36. The minimum Gasteiger partial charge on any atom is -0.271 e. The molecule has 2 nitrogen and oxygen atoms in total. The van der Waals surface area contributed by atoms with E-state index in [1.54, 1.807) is 12.1 Å². The fraction of sp³-hybridized carbons (Fsp3) is 0.143. The van der Waals surface area contributed by atoms with Crippen molar-refractivity contribution in [3.05, 3.63) is 68.4 Å². The normalized spacial score (nSPS) is 12.5. The van der Waals surface area contributed by atoms with E-state index in [4.69, 9.17) is 17.4 Å². The summed E-state index contributed by atoms with van der Waals surface area (Å²) < 4.78 is 14.1. The summed E-state index contributed by atoms with van der Waals surface area (Å²) in [5, 5.41) is 0.623. The van der Waals surface area contributed by atoms with Crippen molar-refractivity contribution in [1.82, 2.24) is 5.43 Å². The molecule has 2 aromatic carbocycles. The Hall–Kier alpha value is -0.940. The molecule has 2 aromatic rings. The Kier molecular flexibility index (Phi) is 4.58. The molecule has 100 valence electrons. The van der Waals surface area contributed by atoms with Crippen LogP contribution in [0, 0.1) is 12.7 Å². The number of benzene rings is 2. The Bertz CT molecular complexity index is 604. The molecule has 0 fully saturated rings. The zero-order valence-corrected chi connectivity index (χ0v) is 12.6. The average molecular weight is 344 g/mol. The van der Waals surface area contributed by atoms with E-state index in [1.165, 1.54) is 12.1 Å². The maximum Gasteiger partial charge on any atom is 0.123 e. The number of hydrazine groups is 1. The molecule has 0 bridgehead atoms. The van der Waals surface area contributed by atoms with Crippen LogP contribution < -0.4 is 11.3 Å². The topological polar surface area (TPSA) is 38.0 Å². The van der Waals surface area contributed by atoms with Crippen molar-refractivity contribution in [2.24, 2.45) is 5.84 Å². The standard InChI is InChI=1S/C14H13BrClFN2/c1-8-6-10(17)3-4-11(8)14(19-18)12-7-9(16)2-5-13(12)15/h2-7,14,19H,18H2,1H3. The number of nitrogens with two attached hydrogens (primary N) is 1. The second kappa shape index (κ2) is 6.01. The Morgan fingerprint density at radius 1 is 1.21 bits per heavy atom. The molecule has 0 aliphatic heterocycles. The number of rotatable bonds is 3. The van der Waals surface area contributed by atoms with Gasteiger partial charge in [0, 0.05) is 9.50 Å². The predicted molar refractivity (Wildman–Crippen MR) is 79.5 cm³/mol. The molecule has 0 radical (unpaired) electrons. The smallest absolute Gasteiger partial charge is 0.123 e. The summed E-state index contributed by atoms with van der Waals surface area (Å²) in [5.74, 6) is 5.39. The first-order valence-corrected chi connectivity index (χ1v) is 6.87. The molecule has 1 unspecified atom stereocenters. The van der Waals surface area contributed by atoms with Gasteiger partial charge in [-0.3, -0.25) is 5.84 Å². The summed E-state index contributed by atoms with van der Waals surface area (Å²) in [6, 6.07) is 9.86. The first-order valence-electron chi connectivity index (χ1n) is 5.70. The molecule has 5 heteroatoms. The molecule has 19 heavy (non-hydrogen) atoms. The van der Waals surface area contributed by atoms with Crippen molar-refractivity contribution in [1.29, 1.82) is 0 Å². The number of hydrogen-bond donors (Lipinski definition) is 2. The van der Waals surface area contributed by atoms with Crippen molar-refractivity contribution in [2.75, 3.05) is 0 Å². The Labute approximate surface area is 124 Å². The molecule has 0 amide bonds. The molecule has 0 saturated heterocycles. The maximum atomic E-state index is 13.2. The van der Waals surface area contributed by atoms with Gasteiger partial charge < -0.3 is 0 Å². The van der Waals surface area contributed by atoms with Crippen molar-refractivity contribution in [2.45, 2.75) is 13.0 Å². The number of aryl methyl sites for hydroxylation is 1. The van der Waals surface area contributed by atoms with E-state index in [9.17, 15) is 4.39 Å². The minimum atomic E-state index is -0.262. The fourth-order valence-corrected chi connectivity index (χ4v) is 2.70. The van der Waals surface area contributed by atoms with Crippen LogP contribution in [-0.4, -0.2) is 0 Å². The van der Waals surface area contributed by atoms with Gasteiger partial charge in [-0.1, -0.05) is 33.6 Å². The van der Waals surface area contributed by atoms with Gasteiger partial charge in [-0.15, -0.1) is 0 Å². The SMILES string of the molecule is Cc1cc(F)ccc1C(NN)c1cc(Cl)ccc1Br. The molecule has 2 rings (SSSR count). The third kappa shape index (κ3) is 3.15. The maximum absolute atomic E-state index is 13.2. The van der Waals surface area contributed by atoms with Gasteiger partial charge in [-0.25, -0.2) is 9.82 Å². The fourth-order valence-electron chi connectivity index (χ4n) is 2.05. The molecular formula is C14H13BrClFN2. The van der Waals surface area contributed by atoms with Gasteiger partial charge in [-0.05, 0) is 53.9 Å². The van der Waals surface area contributed by atoms with Crippen LogP contribution in [0.4, 0.5) is 4.39 Å². The second-order valence-electron chi connectivity index (χ2n) is 4.27. The van der Waals surface area contributed by atoms with E-state index >= 15 is 0 Å². The third-order valence-electron chi connectivity index (χ3n) is 2.98. The van der Waals surface area contributed by atoms with E-state index < -0.39 is 0 Å². The van der Waals surface area contributed by atoms with Crippen molar-refractivity contribution in [3.8, 4) is 0 Å². The lowest BCUT2D eigenvalue weighted by atomic mass is 9.95. The highest BCUT2D eigenvalue weighted by Crippen LogP contribution is 2.32. The zero-order valence-electron chi connectivity index (χ0n) is 10.3. The first-order chi connectivity index (χ1) is 9.02. The predicted octanol–water partition coefficient (Wildman–Crippen LogP) is 4.10. The lowest BCUT2D eigenvalue weighted by Gasteiger charge is -2.20. The molecule has 1 atom stereocenters. The summed E-state index contributed by atoms with van der Waals surface area (Å²) in [4.78, 5) is 0. The van der Waals surface area contributed by atoms with Gasteiger partial charge in [0.1, 0.15) is 5.82 Å². The van der Waals surface area contributed by atoms with E-state index in [0.717, 1.165) is 21.2 Å². The quantitative estimate of drug-likeness (QED) is 0.650. The van der Waals surface area contributed by atoms with Crippen LogP contribution in [0.25, 0.3) is 0 Å². The van der Waals surface area contributed by atoms with E-state index in [1.807, 2.05) is 19.1 Å². The summed E-state index contributed by atoms with van der Waals surface area (Å²) in [6.45, 7) is 1.85. The zero-order chi connectivity index (χ0) is 14.0. The minimum absolute atomic E-state index is 0.256. The van der Waals surface area contributed by atoms with Crippen molar-refractivity contribution >= 4 is 27.5 Å². The summed E-state index contributed by atoms with van der Waals surface area (Å²) in [7, 11) is 0. The number of halogens is 3. The van der Waals surface area contributed by atoms with E-state index in [-0.39, 0.29) is 11.9 Å². The monoisotopic (exact) mass is 342 g/mol. The van der Waals surface area contributed by atoms with Crippen LogP contribution in [0.15, 0.2) is 40.9 Å². The van der Waals surface area contributed by atoms with Crippen LogP contribution in [0.2, 0.25) is 5.02 Å². The van der Waals surface area contributed by atoms with Gasteiger partial charge >= 0.3 is 0 Å². The third-order valence-corrected chi connectivity index (χ3v) is 3.94. The Balaban J connectivity index is 2.52. The first kappa shape index (κ1) is 14.5. The van der Waals surface area contributed by atoms with Crippen molar-refractivity contribution in [3.63, 3.8) is 0 Å². The summed E-state index contributed by atoms with van der Waals surface area (Å²) >= 11 is 9.50. The van der Waals surface area contributed by atoms with Gasteiger partial charge in [0.2, 0.25) is 0 Å². The van der Waals surface area contributed by atoms with E-state index in [0.29, 0.717) is 5.02 Å². The van der Waals surface area contributed by atoms with Gasteiger partial charge in [0.15, 0.2) is 0 Å². The van der Waals surface area contributed by atoms with Crippen LogP contribution in [0.5, 0.6) is 0 Å². The molecule has 0 heterocycles. The van der Waals surface area contributed by atoms with Crippen LogP contribution in [0.1, 0.15) is 22.7 Å². The summed E-state index contributed by atoms with van der Waals surface area (Å²) in [5.41, 5.74) is 5.40. The molecule has 0 saturated carbocycles. The van der Waals surface area contributed by atoms with Crippen LogP contribution in [-0.2, 0) is 0 Å². The molecule has 0 spiro atoms. The Morgan fingerprint density at radius 3 is 2.58 bits per heavy atom. The van der Waals surface area contributed by atoms with Gasteiger partial charge in [-0.2, -0.15) is 0 Å². The highest BCUT2D eigenvalue weighted by molar-refractivity contribution is 9.10. The Morgan fingerprint density at radius 2 is 1.95 bits per heavy atom. The summed E-state index contributed by atoms with van der Waals surface area (Å²) in [6.07, 6.45) is 0. The lowest BCUT2D eigenvalue weighted by molar-refractivity contribution is 0.611.